The number of ketones is 1. The summed E-state index contributed by atoms with van der Waals surface area (Å²) < 4.78 is 0. The standard InChI is InChI=1S/C16H22O/c1-4-8-14(12-11-13(2)3)16(17)15-9-6-5-7-10-15/h5-7,9-10,12-13H,4,8,11H2,1-3H3/b14-12+. The summed E-state index contributed by atoms with van der Waals surface area (Å²) in [5.74, 6) is 0.790. The second kappa shape index (κ2) is 7.05. The molecule has 0 atom stereocenters. The number of allylic oxidation sites excluding steroid dienone is 2. The minimum Gasteiger partial charge on any atom is -0.289 e. The number of Topliss-reactive ketones (excluding diaryl/α,β-unsaturated/α-hetero) is 1. The zero-order valence-electron chi connectivity index (χ0n) is 11.1. The van der Waals surface area contributed by atoms with Gasteiger partial charge in [0.25, 0.3) is 0 Å². The summed E-state index contributed by atoms with van der Waals surface area (Å²) in [5, 5.41) is 0. The van der Waals surface area contributed by atoms with E-state index in [-0.39, 0.29) is 5.78 Å². The van der Waals surface area contributed by atoms with Crippen LogP contribution < -0.4 is 0 Å². The van der Waals surface area contributed by atoms with E-state index in [4.69, 9.17) is 0 Å². The van der Waals surface area contributed by atoms with Crippen LogP contribution in [-0.4, -0.2) is 5.78 Å². The van der Waals surface area contributed by atoms with Crippen LogP contribution in [0.4, 0.5) is 0 Å². The summed E-state index contributed by atoms with van der Waals surface area (Å²) in [7, 11) is 0. The molecule has 0 N–H and O–H groups in total. The van der Waals surface area contributed by atoms with E-state index in [2.05, 4.69) is 26.8 Å². The number of hydrogen-bond donors (Lipinski definition) is 0. The molecular weight excluding hydrogens is 208 g/mol. The molecule has 0 radical (unpaired) electrons. The van der Waals surface area contributed by atoms with Crippen LogP contribution in [0.3, 0.4) is 0 Å². The van der Waals surface area contributed by atoms with E-state index < -0.39 is 0 Å². The summed E-state index contributed by atoms with van der Waals surface area (Å²) in [4.78, 5) is 12.3. The Morgan fingerprint density at radius 3 is 2.41 bits per heavy atom. The molecule has 17 heavy (non-hydrogen) atoms. The Morgan fingerprint density at radius 1 is 1.24 bits per heavy atom. The van der Waals surface area contributed by atoms with Gasteiger partial charge < -0.3 is 0 Å². The lowest BCUT2D eigenvalue weighted by Crippen LogP contribution is -2.04. The Morgan fingerprint density at radius 2 is 1.88 bits per heavy atom. The third kappa shape index (κ3) is 4.56. The van der Waals surface area contributed by atoms with E-state index >= 15 is 0 Å². The maximum atomic E-state index is 12.3. The smallest absolute Gasteiger partial charge is 0.188 e. The van der Waals surface area contributed by atoms with Crippen molar-refractivity contribution in [2.45, 2.75) is 40.0 Å². The van der Waals surface area contributed by atoms with E-state index in [0.717, 1.165) is 30.4 Å². The zero-order valence-corrected chi connectivity index (χ0v) is 11.1. The largest absolute Gasteiger partial charge is 0.289 e. The first-order valence-corrected chi connectivity index (χ1v) is 6.44. The molecule has 0 saturated carbocycles. The highest BCUT2D eigenvalue weighted by Gasteiger charge is 2.10. The van der Waals surface area contributed by atoms with Gasteiger partial charge in [-0.25, -0.2) is 0 Å². The highest BCUT2D eigenvalue weighted by molar-refractivity contribution is 6.08. The second-order valence-corrected chi connectivity index (χ2v) is 4.80. The van der Waals surface area contributed by atoms with Crippen LogP contribution in [0.15, 0.2) is 42.0 Å². The molecule has 1 rings (SSSR count). The van der Waals surface area contributed by atoms with E-state index in [1.807, 2.05) is 30.3 Å². The van der Waals surface area contributed by atoms with Gasteiger partial charge in [0.05, 0.1) is 0 Å². The summed E-state index contributed by atoms with van der Waals surface area (Å²) in [6, 6.07) is 9.55. The third-order valence-electron chi connectivity index (χ3n) is 2.68. The van der Waals surface area contributed by atoms with E-state index in [1.54, 1.807) is 0 Å². The van der Waals surface area contributed by atoms with Gasteiger partial charge in [-0.15, -0.1) is 0 Å². The Labute approximate surface area is 105 Å². The molecule has 0 saturated heterocycles. The number of carbonyl (C=O) groups excluding carboxylic acids is 1. The number of benzene rings is 1. The zero-order chi connectivity index (χ0) is 12.7. The van der Waals surface area contributed by atoms with Crippen molar-refractivity contribution in [2.24, 2.45) is 5.92 Å². The van der Waals surface area contributed by atoms with Gasteiger partial charge >= 0.3 is 0 Å². The van der Waals surface area contributed by atoms with Crippen molar-refractivity contribution in [1.82, 2.24) is 0 Å². The molecule has 0 aliphatic rings. The molecule has 0 heterocycles. The van der Waals surface area contributed by atoms with Gasteiger partial charge in [0.1, 0.15) is 0 Å². The first-order chi connectivity index (χ1) is 8.15. The molecule has 1 aromatic rings. The summed E-state index contributed by atoms with van der Waals surface area (Å²) in [6.45, 7) is 6.46. The van der Waals surface area contributed by atoms with Gasteiger partial charge in [-0.2, -0.15) is 0 Å². The SMILES string of the molecule is CCC/C(=C\CC(C)C)C(=O)c1ccccc1. The molecule has 1 heteroatoms. The molecule has 0 fully saturated rings. The van der Waals surface area contributed by atoms with Gasteiger partial charge in [-0.1, -0.05) is 63.6 Å². The summed E-state index contributed by atoms with van der Waals surface area (Å²) in [6.07, 6.45) is 4.99. The minimum absolute atomic E-state index is 0.188. The fourth-order valence-corrected chi connectivity index (χ4v) is 1.73. The fourth-order valence-electron chi connectivity index (χ4n) is 1.73. The molecule has 0 unspecified atom stereocenters. The Kier molecular flexibility index (Phi) is 5.68. The Balaban J connectivity index is 2.84. The molecule has 0 aliphatic carbocycles. The highest BCUT2D eigenvalue weighted by atomic mass is 16.1. The van der Waals surface area contributed by atoms with Crippen molar-refractivity contribution in [3.05, 3.63) is 47.5 Å². The first kappa shape index (κ1) is 13.7. The van der Waals surface area contributed by atoms with E-state index in [1.165, 1.54) is 0 Å². The lowest BCUT2D eigenvalue weighted by Gasteiger charge is -2.07. The predicted molar refractivity (Wildman–Crippen MR) is 73.2 cm³/mol. The normalized spacial score (nSPS) is 11.9. The predicted octanol–water partition coefficient (Wildman–Crippen LogP) is 4.64. The van der Waals surface area contributed by atoms with E-state index in [9.17, 15) is 4.79 Å². The van der Waals surface area contributed by atoms with Crippen LogP contribution in [0.1, 0.15) is 50.4 Å². The van der Waals surface area contributed by atoms with Crippen molar-refractivity contribution in [2.75, 3.05) is 0 Å². The monoisotopic (exact) mass is 230 g/mol. The topological polar surface area (TPSA) is 17.1 Å². The molecule has 0 amide bonds. The quantitative estimate of drug-likeness (QED) is 0.514. The molecule has 0 aliphatic heterocycles. The molecule has 92 valence electrons. The van der Waals surface area contributed by atoms with Crippen LogP contribution in [0.25, 0.3) is 0 Å². The fraction of sp³-hybridized carbons (Fsp3) is 0.438. The second-order valence-electron chi connectivity index (χ2n) is 4.80. The molecule has 0 spiro atoms. The van der Waals surface area contributed by atoms with Crippen LogP contribution in [0, 0.1) is 5.92 Å². The molecule has 0 bridgehead atoms. The van der Waals surface area contributed by atoms with Gasteiger partial charge in [0, 0.05) is 5.56 Å². The van der Waals surface area contributed by atoms with Crippen molar-refractivity contribution in [3.8, 4) is 0 Å². The Bertz CT molecular complexity index is 374. The number of carbonyl (C=O) groups is 1. The van der Waals surface area contributed by atoms with Crippen LogP contribution >= 0.6 is 0 Å². The average Bonchev–Trinajstić information content (AvgIpc) is 2.34. The lowest BCUT2D eigenvalue weighted by atomic mass is 9.97. The van der Waals surface area contributed by atoms with Gasteiger partial charge in [0.2, 0.25) is 0 Å². The van der Waals surface area contributed by atoms with Gasteiger partial charge in [-0.05, 0) is 24.3 Å². The number of hydrogen-bond acceptors (Lipinski definition) is 1. The lowest BCUT2D eigenvalue weighted by molar-refractivity contribution is 0.103. The first-order valence-electron chi connectivity index (χ1n) is 6.44. The summed E-state index contributed by atoms with van der Waals surface area (Å²) >= 11 is 0. The van der Waals surface area contributed by atoms with Gasteiger partial charge in [0.15, 0.2) is 5.78 Å². The molecule has 1 aromatic carbocycles. The van der Waals surface area contributed by atoms with Crippen LogP contribution in [0.2, 0.25) is 0 Å². The van der Waals surface area contributed by atoms with E-state index in [0.29, 0.717) is 5.92 Å². The van der Waals surface area contributed by atoms with Crippen molar-refractivity contribution < 1.29 is 4.79 Å². The van der Waals surface area contributed by atoms with Crippen LogP contribution in [0.5, 0.6) is 0 Å². The number of rotatable bonds is 6. The maximum absolute atomic E-state index is 12.3. The molecular formula is C16H22O. The minimum atomic E-state index is 0.188. The maximum Gasteiger partial charge on any atom is 0.188 e. The van der Waals surface area contributed by atoms with Crippen LogP contribution in [-0.2, 0) is 0 Å². The molecule has 1 nitrogen and oxygen atoms in total. The van der Waals surface area contributed by atoms with Crippen molar-refractivity contribution in [3.63, 3.8) is 0 Å². The third-order valence-corrected chi connectivity index (χ3v) is 2.68. The summed E-state index contributed by atoms with van der Waals surface area (Å²) in [5.41, 5.74) is 1.77. The highest BCUT2D eigenvalue weighted by Crippen LogP contribution is 2.15. The molecule has 0 aromatic heterocycles. The average molecular weight is 230 g/mol. The van der Waals surface area contributed by atoms with Crippen molar-refractivity contribution in [1.29, 1.82) is 0 Å². The Hall–Kier alpha value is -1.37. The van der Waals surface area contributed by atoms with Gasteiger partial charge in [-0.3, -0.25) is 4.79 Å². The van der Waals surface area contributed by atoms with Crippen molar-refractivity contribution >= 4 is 5.78 Å².